The van der Waals surface area contributed by atoms with Gasteiger partial charge in [-0.05, 0) is 49.6 Å². The lowest BCUT2D eigenvalue weighted by molar-refractivity contribution is -0.712. The Balaban J connectivity index is 1.85. The second-order valence-corrected chi connectivity index (χ2v) is 12.1. The summed E-state index contributed by atoms with van der Waals surface area (Å²) >= 11 is 0. The van der Waals surface area contributed by atoms with Gasteiger partial charge in [-0.1, -0.05) is 43.7 Å². The van der Waals surface area contributed by atoms with Crippen LogP contribution in [0.15, 0.2) is 64.8 Å². The molecule has 0 aliphatic rings. The summed E-state index contributed by atoms with van der Waals surface area (Å²) in [6.07, 6.45) is -7.13. The number of methoxy groups -OCH3 is 1. The number of carbonyl (C=O) groups is 2. The fraction of sp³-hybridized carbons (Fsp3) is 0.393. The molecule has 0 aliphatic carbocycles. The van der Waals surface area contributed by atoms with Gasteiger partial charge in [0.15, 0.2) is 11.7 Å². The SMILES string of the molecule is COC(=O)OC(C)O/N=[N+](\[O-])N(C)[C@@H](CC(C)C)C(=O)NS(=O)(=O)c1ccc(-n2nc(C(F)(F)F)cc2-c2ccc(C)cc2)cc1. The third kappa shape index (κ3) is 9.09. The van der Waals surface area contributed by atoms with Crippen LogP contribution in [0.5, 0.6) is 0 Å². The molecule has 0 bridgehead atoms. The van der Waals surface area contributed by atoms with Gasteiger partial charge in [-0.2, -0.15) is 18.3 Å². The van der Waals surface area contributed by atoms with Gasteiger partial charge in [-0.25, -0.2) is 22.6 Å². The lowest BCUT2D eigenvalue weighted by Crippen LogP contribution is -2.49. The molecule has 0 saturated carbocycles. The van der Waals surface area contributed by atoms with Crippen molar-refractivity contribution in [2.75, 3.05) is 14.2 Å². The fourth-order valence-corrected chi connectivity index (χ4v) is 5.05. The molecule has 3 rings (SSSR count). The van der Waals surface area contributed by atoms with Crippen LogP contribution in [0.1, 0.15) is 38.4 Å². The fourth-order valence-electron chi connectivity index (χ4n) is 4.04. The maximum absolute atomic E-state index is 13.6. The van der Waals surface area contributed by atoms with Gasteiger partial charge in [0.1, 0.15) is 0 Å². The quantitative estimate of drug-likeness (QED) is 0.0915. The first-order valence-electron chi connectivity index (χ1n) is 13.7. The van der Waals surface area contributed by atoms with Crippen LogP contribution in [0.25, 0.3) is 16.9 Å². The Morgan fingerprint density at radius 2 is 1.72 bits per heavy atom. The summed E-state index contributed by atoms with van der Waals surface area (Å²) in [6, 6.07) is 11.0. The first kappa shape index (κ1) is 35.6. The van der Waals surface area contributed by atoms with Crippen molar-refractivity contribution in [3.63, 3.8) is 0 Å². The van der Waals surface area contributed by atoms with Crippen LogP contribution in [0, 0.1) is 18.0 Å². The van der Waals surface area contributed by atoms with Crippen LogP contribution >= 0.6 is 0 Å². The summed E-state index contributed by atoms with van der Waals surface area (Å²) in [7, 11) is -2.28. The van der Waals surface area contributed by atoms with Crippen molar-refractivity contribution < 1.29 is 50.5 Å². The Bertz CT molecular complexity index is 1660. The Morgan fingerprint density at radius 1 is 1.11 bits per heavy atom. The number of amides is 1. The first-order chi connectivity index (χ1) is 21.4. The molecular weight excluding hydrogens is 637 g/mol. The van der Waals surface area contributed by atoms with E-state index in [9.17, 15) is 36.4 Å². The number of nitrogens with one attached hydrogen (secondary N) is 1. The molecule has 1 unspecified atom stereocenters. The van der Waals surface area contributed by atoms with Gasteiger partial charge in [0, 0.05) is 12.5 Å². The molecule has 2 aromatic carbocycles. The van der Waals surface area contributed by atoms with E-state index in [2.05, 4.69) is 19.8 Å². The number of benzene rings is 2. The number of aryl methyl sites for hydroxylation is 1. The zero-order valence-corrected chi connectivity index (χ0v) is 26.5. The molecule has 0 aliphatic heterocycles. The molecule has 2 atom stereocenters. The Morgan fingerprint density at radius 3 is 2.26 bits per heavy atom. The van der Waals surface area contributed by atoms with Crippen LogP contribution in [-0.2, 0) is 35.3 Å². The number of hydrazine groups is 1. The van der Waals surface area contributed by atoms with Gasteiger partial charge in [-0.15, -0.1) is 5.01 Å². The number of halogens is 3. The zero-order valence-electron chi connectivity index (χ0n) is 25.7. The van der Waals surface area contributed by atoms with Crippen LogP contribution in [-0.4, -0.2) is 66.7 Å². The van der Waals surface area contributed by atoms with Crippen LogP contribution in [0.2, 0.25) is 0 Å². The van der Waals surface area contributed by atoms with E-state index in [1.54, 1.807) is 38.1 Å². The van der Waals surface area contributed by atoms with E-state index < -0.39 is 46.3 Å². The highest BCUT2D eigenvalue weighted by atomic mass is 32.2. The molecule has 0 saturated heterocycles. The van der Waals surface area contributed by atoms with Crippen molar-refractivity contribution in [1.82, 2.24) is 19.5 Å². The molecule has 1 heterocycles. The number of carbonyl (C=O) groups excluding carboxylic acids is 2. The molecule has 0 radical (unpaired) electrons. The summed E-state index contributed by atoms with van der Waals surface area (Å²) in [5, 5.41) is 20.2. The van der Waals surface area contributed by atoms with Crippen LogP contribution < -0.4 is 4.72 Å². The summed E-state index contributed by atoms with van der Waals surface area (Å²) in [6.45, 7) is 6.55. The van der Waals surface area contributed by atoms with Crippen molar-refractivity contribution in [3.05, 3.63) is 71.1 Å². The third-order valence-corrected chi connectivity index (χ3v) is 7.75. The van der Waals surface area contributed by atoms with Gasteiger partial charge < -0.3 is 14.7 Å². The van der Waals surface area contributed by atoms with E-state index in [-0.39, 0.29) is 33.6 Å². The van der Waals surface area contributed by atoms with Gasteiger partial charge in [-0.3, -0.25) is 9.63 Å². The number of hydrogen-bond acceptors (Lipinski definition) is 10. The minimum atomic E-state index is -4.73. The highest BCUT2D eigenvalue weighted by molar-refractivity contribution is 7.90. The Hall–Kier alpha value is -4.87. The first-order valence-corrected chi connectivity index (χ1v) is 15.1. The number of alkyl halides is 3. The number of hydrogen-bond donors (Lipinski definition) is 1. The number of rotatable bonds is 12. The molecule has 14 nitrogen and oxygen atoms in total. The van der Waals surface area contributed by atoms with Gasteiger partial charge >= 0.3 is 12.3 Å². The topological polar surface area (TPSA) is 167 Å². The van der Waals surface area contributed by atoms with Crippen molar-refractivity contribution in [3.8, 4) is 16.9 Å². The maximum atomic E-state index is 13.6. The van der Waals surface area contributed by atoms with Gasteiger partial charge in [0.2, 0.25) is 5.28 Å². The highest BCUT2D eigenvalue weighted by Gasteiger charge is 2.36. The van der Waals surface area contributed by atoms with E-state index in [1.165, 1.54) is 26.1 Å². The molecule has 46 heavy (non-hydrogen) atoms. The average Bonchev–Trinajstić information content (AvgIpc) is 3.44. The zero-order chi connectivity index (χ0) is 34.4. The van der Waals surface area contributed by atoms with Crippen molar-refractivity contribution in [2.24, 2.45) is 11.2 Å². The predicted molar refractivity (Wildman–Crippen MR) is 155 cm³/mol. The standard InChI is InChI=1S/C28H33F3N6O8S/c1-17(2)15-24(35(5)37(40)34-45-19(4)44-27(39)43-6)26(38)33-46(41,42)22-13-11-21(12-14-22)36-23(16-25(32-36)28(29,30)31)20-9-7-18(3)8-10-20/h7-14,16-17,19,24H,15H2,1-6H3,(H,33,38)/b37-34-/t19?,24-/m0/s1. The van der Waals surface area contributed by atoms with Crippen LogP contribution in [0.4, 0.5) is 18.0 Å². The van der Waals surface area contributed by atoms with Crippen LogP contribution in [0.3, 0.4) is 0 Å². The summed E-state index contributed by atoms with van der Waals surface area (Å²) < 4.78 is 78.9. The molecular formula is C28H33F3N6O8S. The number of ether oxygens (including phenoxy) is 2. The van der Waals surface area contributed by atoms with Crippen molar-refractivity contribution >= 4 is 22.1 Å². The molecule has 1 N–H and O–H groups in total. The van der Waals surface area contributed by atoms with E-state index in [0.717, 1.165) is 40.6 Å². The molecule has 1 amide bonds. The summed E-state index contributed by atoms with van der Waals surface area (Å²) in [4.78, 5) is 28.6. The molecule has 18 heteroatoms. The second kappa shape index (κ2) is 14.5. The molecule has 3 aromatic rings. The van der Waals surface area contributed by atoms with E-state index in [4.69, 9.17) is 4.84 Å². The molecule has 250 valence electrons. The summed E-state index contributed by atoms with van der Waals surface area (Å²) in [5.41, 5.74) is 0.464. The number of likely N-dealkylation sites (N-methyl/N-ethyl adjacent to an activating group) is 1. The predicted octanol–water partition coefficient (Wildman–Crippen LogP) is 4.96. The van der Waals surface area contributed by atoms with Crippen molar-refractivity contribution in [2.45, 2.75) is 57.5 Å². The Labute approximate surface area is 262 Å². The summed E-state index contributed by atoms with van der Waals surface area (Å²) in [5.74, 6) is -1.26. The lowest BCUT2D eigenvalue weighted by Gasteiger charge is -2.24. The Kier molecular flexibility index (Phi) is 11.2. The second-order valence-electron chi connectivity index (χ2n) is 10.5. The minimum Gasteiger partial charge on any atom is -0.569 e. The van der Waals surface area contributed by atoms with E-state index in [0.29, 0.717) is 5.56 Å². The molecule has 0 spiro atoms. The largest absolute Gasteiger partial charge is 0.569 e. The molecule has 0 fully saturated rings. The van der Waals surface area contributed by atoms with Crippen molar-refractivity contribution in [1.29, 1.82) is 0 Å². The van der Waals surface area contributed by atoms with Gasteiger partial charge in [0.25, 0.3) is 22.2 Å². The smallest absolute Gasteiger partial charge is 0.511 e. The molecule has 1 aromatic heterocycles. The minimum absolute atomic E-state index is 0.0158. The number of aromatic nitrogens is 2. The van der Waals surface area contributed by atoms with E-state index >= 15 is 0 Å². The maximum Gasteiger partial charge on any atom is 0.511 e. The average molecular weight is 671 g/mol. The van der Waals surface area contributed by atoms with E-state index in [1.807, 2.05) is 11.6 Å². The monoisotopic (exact) mass is 670 g/mol. The third-order valence-electron chi connectivity index (χ3n) is 6.39. The van der Waals surface area contributed by atoms with Gasteiger partial charge in [0.05, 0.1) is 35.4 Å². The lowest BCUT2D eigenvalue weighted by atomic mass is 10.0. The number of nitrogens with zero attached hydrogens (tertiary/aromatic N) is 5. The number of sulfonamides is 1. The highest BCUT2D eigenvalue weighted by Crippen LogP contribution is 2.33. The normalized spacial score (nSPS) is 13.6.